The molecule has 0 saturated carbocycles. The van der Waals surface area contributed by atoms with Crippen molar-refractivity contribution in [2.75, 3.05) is 0 Å². The Labute approximate surface area is 91.5 Å². The van der Waals surface area contributed by atoms with Gasteiger partial charge in [-0.05, 0) is 25.5 Å². The maximum Gasteiger partial charge on any atom is 0.0963 e. The molecule has 0 aliphatic heterocycles. The fourth-order valence-corrected chi connectivity index (χ4v) is 1.87. The Morgan fingerprint density at radius 2 is 1.93 bits per heavy atom. The maximum absolute atomic E-state index is 4.29. The molecular weight excluding hydrogens is 240 g/mol. The van der Waals surface area contributed by atoms with Gasteiger partial charge in [0.05, 0.1) is 5.69 Å². The summed E-state index contributed by atoms with van der Waals surface area (Å²) in [5.74, 6) is 0. The Morgan fingerprint density at radius 1 is 1.21 bits per heavy atom. The molecule has 1 heterocycles. The molecule has 1 N–H and O–H groups in total. The van der Waals surface area contributed by atoms with E-state index >= 15 is 0 Å². The molecule has 2 aromatic rings. The van der Waals surface area contributed by atoms with Gasteiger partial charge in [0.1, 0.15) is 0 Å². The van der Waals surface area contributed by atoms with E-state index in [-0.39, 0.29) is 0 Å². The van der Waals surface area contributed by atoms with E-state index in [0.29, 0.717) is 0 Å². The number of aryl methyl sites for hydroxylation is 1. The number of nitrogens with zero attached hydrogens (tertiary/aromatic N) is 1. The number of halogens is 1. The van der Waals surface area contributed by atoms with Gasteiger partial charge in [-0.3, -0.25) is 5.10 Å². The molecule has 1 aromatic heterocycles. The highest BCUT2D eigenvalue weighted by Gasteiger charge is 2.09. The van der Waals surface area contributed by atoms with Crippen molar-refractivity contribution in [2.24, 2.45) is 0 Å². The molecule has 2 nitrogen and oxygen atoms in total. The van der Waals surface area contributed by atoms with Crippen LogP contribution in [0.3, 0.4) is 0 Å². The van der Waals surface area contributed by atoms with Gasteiger partial charge in [-0.15, -0.1) is 0 Å². The first-order valence-electron chi connectivity index (χ1n) is 4.46. The van der Waals surface area contributed by atoms with E-state index < -0.39 is 0 Å². The smallest absolute Gasteiger partial charge is 0.0963 e. The van der Waals surface area contributed by atoms with Crippen LogP contribution in [0, 0.1) is 13.8 Å². The molecule has 0 amide bonds. The van der Waals surface area contributed by atoms with Gasteiger partial charge in [0.25, 0.3) is 0 Å². The van der Waals surface area contributed by atoms with Crippen LogP contribution in [0.25, 0.3) is 11.3 Å². The lowest BCUT2D eigenvalue weighted by atomic mass is 10.1. The van der Waals surface area contributed by atoms with Crippen LogP contribution in [0.4, 0.5) is 0 Å². The number of aromatic amines is 1. The lowest BCUT2D eigenvalue weighted by Crippen LogP contribution is -1.82. The van der Waals surface area contributed by atoms with E-state index in [1.54, 1.807) is 0 Å². The summed E-state index contributed by atoms with van der Waals surface area (Å²) in [5, 5.41) is 7.28. The zero-order valence-corrected chi connectivity index (χ0v) is 9.72. The average Bonchev–Trinajstić information content (AvgIpc) is 2.49. The van der Waals surface area contributed by atoms with Crippen molar-refractivity contribution < 1.29 is 0 Å². The van der Waals surface area contributed by atoms with Gasteiger partial charge in [0.15, 0.2) is 0 Å². The summed E-state index contributed by atoms with van der Waals surface area (Å²) in [5.41, 5.74) is 4.48. The molecule has 0 fully saturated rings. The summed E-state index contributed by atoms with van der Waals surface area (Å²) in [4.78, 5) is 0. The second kappa shape index (κ2) is 3.58. The van der Waals surface area contributed by atoms with Crippen LogP contribution in [0.15, 0.2) is 28.7 Å². The lowest BCUT2D eigenvalue weighted by molar-refractivity contribution is 1.05. The van der Waals surface area contributed by atoms with Crippen molar-refractivity contribution in [3.8, 4) is 11.3 Å². The summed E-state index contributed by atoms with van der Waals surface area (Å²) in [6.07, 6.45) is 0. The summed E-state index contributed by atoms with van der Waals surface area (Å²) in [6, 6.07) is 8.11. The molecule has 0 aliphatic rings. The van der Waals surface area contributed by atoms with Gasteiger partial charge < -0.3 is 0 Å². The fraction of sp³-hybridized carbons (Fsp3) is 0.182. The van der Waals surface area contributed by atoms with Crippen molar-refractivity contribution in [2.45, 2.75) is 13.8 Å². The van der Waals surface area contributed by atoms with Gasteiger partial charge in [-0.2, -0.15) is 5.10 Å². The molecule has 2 rings (SSSR count). The minimum Gasteiger partial charge on any atom is -0.282 e. The highest BCUT2D eigenvalue weighted by Crippen LogP contribution is 2.29. The second-order valence-electron chi connectivity index (χ2n) is 3.30. The van der Waals surface area contributed by atoms with Crippen molar-refractivity contribution in [3.05, 3.63) is 40.0 Å². The third-order valence-electron chi connectivity index (χ3n) is 2.38. The molecule has 1 aromatic carbocycles. The van der Waals surface area contributed by atoms with Crippen LogP contribution in [-0.2, 0) is 0 Å². The first kappa shape index (κ1) is 9.46. The van der Waals surface area contributed by atoms with Crippen molar-refractivity contribution in [1.82, 2.24) is 10.2 Å². The Kier molecular flexibility index (Phi) is 2.42. The lowest BCUT2D eigenvalue weighted by Gasteiger charge is -2.01. The van der Waals surface area contributed by atoms with Crippen LogP contribution in [0.2, 0.25) is 0 Å². The van der Waals surface area contributed by atoms with Crippen molar-refractivity contribution >= 4 is 15.9 Å². The molecule has 0 saturated heterocycles. The van der Waals surface area contributed by atoms with Gasteiger partial charge in [0, 0.05) is 15.7 Å². The van der Waals surface area contributed by atoms with Crippen LogP contribution in [0.1, 0.15) is 11.3 Å². The molecule has 14 heavy (non-hydrogen) atoms. The minimum atomic E-state index is 1.02. The zero-order valence-electron chi connectivity index (χ0n) is 8.13. The largest absolute Gasteiger partial charge is 0.282 e. The summed E-state index contributed by atoms with van der Waals surface area (Å²) < 4.78 is 1.08. The zero-order chi connectivity index (χ0) is 10.1. The second-order valence-corrected chi connectivity index (χ2v) is 4.16. The highest BCUT2D eigenvalue weighted by atomic mass is 79.9. The van der Waals surface area contributed by atoms with Gasteiger partial charge in [-0.1, -0.05) is 34.1 Å². The van der Waals surface area contributed by atoms with Crippen LogP contribution < -0.4 is 0 Å². The quantitative estimate of drug-likeness (QED) is 0.826. The molecular formula is C11H11BrN2. The third kappa shape index (κ3) is 1.48. The first-order valence-corrected chi connectivity index (χ1v) is 5.26. The molecule has 0 spiro atoms. The highest BCUT2D eigenvalue weighted by molar-refractivity contribution is 9.10. The Hall–Kier alpha value is -1.09. The Morgan fingerprint density at radius 3 is 2.50 bits per heavy atom. The maximum atomic E-state index is 4.29. The number of benzene rings is 1. The molecule has 0 aliphatic carbocycles. The van der Waals surface area contributed by atoms with Crippen LogP contribution >= 0.6 is 15.9 Å². The van der Waals surface area contributed by atoms with Gasteiger partial charge in [0.2, 0.25) is 0 Å². The van der Waals surface area contributed by atoms with Gasteiger partial charge in [-0.25, -0.2) is 0 Å². The summed E-state index contributed by atoms with van der Waals surface area (Å²) in [6.45, 7) is 4.11. The normalized spacial score (nSPS) is 10.5. The first-order chi connectivity index (χ1) is 6.70. The predicted octanol–water partition coefficient (Wildman–Crippen LogP) is 3.46. The Balaban J connectivity index is 2.60. The number of rotatable bonds is 1. The van der Waals surface area contributed by atoms with E-state index in [9.17, 15) is 0 Å². The van der Waals surface area contributed by atoms with Crippen LogP contribution in [0.5, 0.6) is 0 Å². The molecule has 0 unspecified atom stereocenters. The van der Waals surface area contributed by atoms with Crippen molar-refractivity contribution in [3.63, 3.8) is 0 Å². The number of aromatic nitrogens is 2. The Bertz CT molecular complexity index is 460. The monoisotopic (exact) mass is 250 g/mol. The molecule has 0 bridgehead atoms. The van der Waals surface area contributed by atoms with E-state index in [1.165, 1.54) is 5.56 Å². The molecule has 0 radical (unpaired) electrons. The molecule has 3 heteroatoms. The van der Waals surface area contributed by atoms with E-state index in [1.807, 2.05) is 25.1 Å². The van der Waals surface area contributed by atoms with Gasteiger partial charge >= 0.3 is 0 Å². The SMILES string of the molecule is Cc1[nH]nc(-c2ccccc2Br)c1C. The van der Waals surface area contributed by atoms with E-state index in [0.717, 1.165) is 21.4 Å². The van der Waals surface area contributed by atoms with Crippen molar-refractivity contribution in [1.29, 1.82) is 0 Å². The third-order valence-corrected chi connectivity index (χ3v) is 3.07. The minimum absolute atomic E-state index is 1.02. The van der Waals surface area contributed by atoms with E-state index in [2.05, 4.69) is 39.1 Å². The molecule has 72 valence electrons. The topological polar surface area (TPSA) is 28.7 Å². The molecule has 0 atom stereocenters. The summed E-state index contributed by atoms with van der Waals surface area (Å²) in [7, 11) is 0. The number of H-pyrrole nitrogens is 1. The summed E-state index contributed by atoms with van der Waals surface area (Å²) >= 11 is 3.52. The number of nitrogens with one attached hydrogen (secondary N) is 1. The number of hydrogen-bond acceptors (Lipinski definition) is 1. The standard InChI is InChI=1S/C11H11BrN2/c1-7-8(2)13-14-11(7)9-5-3-4-6-10(9)12/h3-6H,1-2H3,(H,13,14). The number of hydrogen-bond donors (Lipinski definition) is 1. The average molecular weight is 251 g/mol. The fourth-order valence-electron chi connectivity index (χ4n) is 1.40. The predicted molar refractivity (Wildman–Crippen MR) is 61.2 cm³/mol. The van der Waals surface area contributed by atoms with E-state index in [4.69, 9.17) is 0 Å². The van der Waals surface area contributed by atoms with Crippen LogP contribution in [-0.4, -0.2) is 10.2 Å².